The molecular weight excluding hydrogens is 238 g/mol. The maximum absolute atomic E-state index is 10.7. The van der Waals surface area contributed by atoms with Crippen LogP contribution < -0.4 is 5.32 Å². The molecule has 0 spiro atoms. The van der Waals surface area contributed by atoms with Gasteiger partial charge < -0.3 is 15.2 Å². The van der Waals surface area contributed by atoms with Gasteiger partial charge in [-0.25, -0.2) is 0 Å². The first-order chi connectivity index (χ1) is 9.16. The van der Waals surface area contributed by atoms with E-state index in [0.717, 1.165) is 31.5 Å². The van der Waals surface area contributed by atoms with Gasteiger partial charge >= 0.3 is 0 Å². The largest absolute Gasteiger partial charge is 0.386 e. The third-order valence-electron chi connectivity index (χ3n) is 4.47. The van der Waals surface area contributed by atoms with Crippen LogP contribution in [0.25, 0.3) is 0 Å². The van der Waals surface area contributed by atoms with E-state index in [0.29, 0.717) is 5.92 Å². The first-order valence-electron chi connectivity index (χ1n) is 7.31. The Kier molecular flexibility index (Phi) is 3.61. The first kappa shape index (κ1) is 13.1. The van der Waals surface area contributed by atoms with Gasteiger partial charge in [0.05, 0.1) is 12.2 Å². The molecule has 0 radical (unpaired) electrons. The number of aliphatic hydroxyl groups excluding tert-OH is 1. The summed E-state index contributed by atoms with van der Waals surface area (Å²) in [6.07, 6.45) is 1.77. The molecule has 0 amide bonds. The Morgan fingerprint density at radius 2 is 2.21 bits per heavy atom. The van der Waals surface area contributed by atoms with Gasteiger partial charge in [0.15, 0.2) is 0 Å². The average Bonchev–Trinajstić information content (AvgIpc) is 2.76. The van der Waals surface area contributed by atoms with Crippen LogP contribution in [0.5, 0.6) is 0 Å². The Bertz CT molecular complexity index is 460. The Labute approximate surface area is 115 Å². The summed E-state index contributed by atoms with van der Waals surface area (Å²) in [5, 5.41) is 14.1. The molecule has 1 fully saturated rings. The number of ether oxygens (including phenoxy) is 1. The molecule has 104 valence electrons. The maximum atomic E-state index is 10.7. The predicted octanol–water partition coefficient (Wildman–Crippen LogP) is 2.18. The molecule has 0 aromatic heterocycles. The Hall–Kier alpha value is -0.900. The minimum atomic E-state index is -0.505. The second-order valence-corrected chi connectivity index (χ2v) is 5.98. The molecule has 1 aromatic rings. The number of benzene rings is 1. The topological polar surface area (TPSA) is 41.5 Å². The highest BCUT2D eigenvalue weighted by Gasteiger charge is 2.36. The van der Waals surface area contributed by atoms with E-state index in [1.807, 2.05) is 0 Å². The van der Waals surface area contributed by atoms with E-state index in [-0.39, 0.29) is 12.2 Å². The third kappa shape index (κ3) is 2.42. The van der Waals surface area contributed by atoms with Gasteiger partial charge in [-0.3, -0.25) is 0 Å². The number of aliphatic hydroxyl groups is 1. The number of hydrogen-bond donors (Lipinski definition) is 2. The minimum Gasteiger partial charge on any atom is -0.386 e. The third-order valence-corrected chi connectivity index (χ3v) is 4.47. The summed E-state index contributed by atoms with van der Waals surface area (Å²) < 4.78 is 5.91. The number of rotatable bonds is 2. The number of hydrogen-bond acceptors (Lipinski definition) is 3. The average molecular weight is 261 g/mol. The van der Waals surface area contributed by atoms with Crippen molar-refractivity contribution in [3.8, 4) is 0 Å². The van der Waals surface area contributed by atoms with Gasteiger partial charge in [0, 0.05) is 6.54 Å². The minimum absolute atomic E-state index is 0.0663. The van der Waals surface area contributed by atoms with Crippen molar-refractivity contribution < 1.29 is 9.84 Å². The lowest BCUT2D eigenvalue weighted by atomic mass is 9.88. The highest BCUT2D eigenvalue weighted by atomic mass is 16.5. The molecule has 2 aliphatic rings. The van der Waals surface area contributed by atoms with Crippen LogP contribution in [-0.2, 0) is 17.7 Å². The van der Waals surface area contributed by atoms with Crippen LogP contribution in [0.3, 0.4) is 0 Å². The van der Waals surface area contributed by atoms with Crippen molar-refractivity contribution in [3.63, 3.8) is 0 Å². The molecule has 2 heterocycles. The van der Waals surface area contributed by atoms with Crippen molar-refractivity contribution in [1.82, 2.24) is 5.32 Å². The normalized spacial score (nSPS) is 32.1. The fourth-order valence-corrected chi connectivity index (χ4v) is 3.50. The standard InChI is InChI=1S/C16H23NO2/c1-10-8-11(2)19-16(10)15(18)13-5-3-4-12-6-7-17-9-14(12)13/h3-5,10-11,15-18H,6-9H2,1-2H3/t10-,11+,15-,16+/m1/s1. The molecule has 1 aromatic carbocycles. The van der Waals surface area contributed by atoms with Gasteiger partial charge in [0.25, 0.3) is 0 Å². The van der Waals surface area contributed by atoms with E-state index in [9.17, 15) is 5.11 Å². The fraction of sp³-hybridized carbons (Fsp3) is 0.625. The van der Waals surface area contributed by atoms with Crippen molar-refractivity contribution in [3.05, 3.63) is 34.9 Å². The molecule has 0 bridgehead atoms. The lowest BCUT2D eigenvalue weighted by Gasteiger charge is -2.27. The molecule has 0 aliphatic carbocycles. The van der Waals surface area contributed by atoms with E-state index in [2.05, 4.69) is 37.4 Å². The molecule has 2 N–H and O–H groups in total. The molecule has 0 unspecified atom stereocenters. The number of fused-ring (bicyclic) bond motifs is 1. The summed E-state index contributed by atoms with van der Waals surface area (Å²) in [7, 11) is 0. The van der Waals surface area contributed by atoms with Gasteiger partial charge in [-0.15, -0.1) is 0 Å². The van der Waals surface area contributed by atoms with Crippen LogP contribution in [0.2, 0.25) is 0 Å². The monoisotopic (exact) mass is 261 g/mol. The summed E-state index contributed by atoms with van der Waals surface area (Å²) in [4.78, 5) is 0. The summed E-state index contributed by atoms with van der Waals surface area (Å²) >= 11 is 0. The van der Waals surface area contributed by atoms with Crippen LogP contribution in [0, 0.1) is 5.92 Å². The van der Waals surface area contributed by atoms with Crippen LogP contribution in [-0.4, -0.2) is 23.9 Å². The molecule has 0 saturated carbocycles. The summed E-state index contributed by atoms with van der Waals surface area (Å²) in [6.45, 7) is 6.15. The van der Waals surface area contributed by atoms with Gasteiger partial charge in [0.1, 0.15) is 6.10 Å². The highest BCUT2D eigenvalue weighted by Crippen LogP contribution is 2.36. The number of nitrogens with one attached hydrogen (secondary N) is 1. The van der Waals surface area contributed by atoms with E-state index >= 15 is 0 Å². The first-order valence-corrected chi connectivity index (χ1v) is 7.31. The zero-order valence-corrected chi connectivity index (χ0v) is 11.7. The molecule has 3 rings (SSSR count). The van der Waals surface area contributed by atoms with Crippen LogP contribution >= 0.6 is 0 Å². The van der Waals surface area contributed by atoms with Crippen molar-refractivity contribution in [1.29, 1.82) is 0 Å². The predicted molar refractivity (Wildman–Crippen MR) is 74.9 cm³/mol. The van der Waals surface area contributed by atoms with Crippen LogP contribution in [0.1, 0.15) is 43.1 Å². The Morgan fingerprint density at radius 3 is 2.95 bits per heavy atom. The van der Waals surface area contributed by atoms with E-state index < -0.39 is 6.10 Å². The second-order valence-electron chi connectivity index (χ2n) is 5.98. The SMILES string of the molecule is C[C@@H]1C[C@H](C)O[C@@H]1[C@H](O)c1cccc2c1CNCC2. The van der Waals surface area contributed by atoms with Crippen molar-refractivity contribution in [2.45, 2.75) is 51.5 Å². The molecule has 3 heteroatoms. The quantitative estimate of drug-likeness (QED) is 0.857. The van der Waals surface area contributed by atoms with E-state index in [4.69, 9.17) is 4.74 Å². The van der Waals surface area contributed by atoms with Gasteiger partial charge in [-0.1, -0.05) is 25.1 Å². The molecule has 3 nitrogen and oxygen atoms in total. The zero-order valence-electron chi connectivity index (χ0n) is 11.7. The fourth-order valence-electron chi connectivity index (χ4n) is 3.50. The molecule has 1 saturated heterocycles. The van der Waals surface area contributed by atoms with Gasteiger partial charge in [-0.05, 0) is 48.9 Å². The Balaban J connectivity index is 1.89. The molecular formula is C16H23NO2. The molecule has 4 atom stereocenters. The van der Waals surface area contributed by atoms with Gasteiger partial charge in [0.2, 0.25) is 0 Å². The van der Waals surface area contributed by atoms with E-state index in [1.165, 1.54) is 11.1 Å². The van der Waals surface area contributed by atoms with E-state index in [1.54, 1.807) is 0 Å². The van der Waals surface area contributed by atoms with Crippen molar-refractivity contribution in [2.24, 2.45) is 5.92 Å². The summed E-state index contributed by atoms with van der Waals surface area (Å²) in [5.74, 6) is 0.414. The summed E-state index contributed by atoms with van der Waals surface area (Å²) in [5.41, 5.74) is 3.70. The molecule has 2 aliphatic heterocycles. The highest BCUT2D eigenvalue weighted by molar-refractivity contribution is 5.38. The van der Waals surface area contributed by atoms with Crippen LogP contribution in [0.15, 0.2) is 18.2 Å². The lowest BCUT2D eigenvalue weighted by Crippen LogP contribution is -2.29. The van der Waals surface area contributed by atoms with Crippen molar-refractivity contribution in [2.75, 3.05) is 6.54 Å². The lowest BCUT2D eigenvalue weighted by molar-refractivity contribution is -0.0418. The second kappa shape index (κ2) is 5.23. The zero-order chi connectivity index (χ0) is 13.4. The smallest absolute Gasteiger partial charge is 0.106 e. The van der Waals surface area contributed by atoms with Crippen molar-refractivity contribution >= 4 is 0 Å². The van der Waals surface area contributed by atoms with Crippen LogP contribution in [0.4, 0.5) is 0 Å². The summed E-state index contributed by atoms with van der Waals surface area (Å²) in [6, 6.07) is 6.29. The Morgan fingerprint density at radius 1 is 1.37 bits per heavy atom. The molecule has 19 heavy (non-hydrogen) atoms. The maximum Gasteiger partial charge on any atom is 0.106 e. The van der Waals surface area contributed by atoms with Gasteiger partial charge in [-0.2, -0.15) is 0 Å².